The van der Waals surface area contributed by atoms with Crippen LogP contribution in [0.15, 0.2) is 28.9 Å². The Morgan fingerprint density at radius 3 is 2.88 bits per heavy atom. The molecule has 0 spiro atoms. The molecule has 1 aromatic carbocycles. The van der Waals surface area contributed by atoms with Crippen molar-refractivity contribution >= 4 is 34.4 Å². The highest BCUT2D eigenvalue weighted by molar-refractivity contribution is 6.51. The highest BCUT2D eigenvalue weighted by Gasteiger charge is 2.18. The molecule has 2 aliphatic heterocycles. The lowest BCUT2D eigenvalue weighted by Gasteiger charge is -2.27. The molecule has 2 heterocycles. The van der Waals surface area contributed by atoms with Gasteiger partial charge in [-0.1, -0.05) is 34.8 Å². The van der Waals surface area contributed by atoms with Crippen LogP contribution in [0.4, 0.5) is 0 Å². The molecule has 1 N–H and O–H groups in total. The average Bonchev–Trinajstić information content (AvgIpc) is 2.62. The zero-order chi connectivity index (χ0) is 17.6. The van der Waals surface area contributed by atoms with Crippen molar-refractivity contribution in [2.75, 3.05) is 32.8 Å². The summed E-state index contributed by atoms with van der Waals surface area (Å²) in [6, 6.07) is 5.31. The molecule has 0 bridgehead atoms. The first-order valence-electron chi connectivity index (χ1n) is 8.50. The number of fused-ring (bicyclic) bond motifs is 1. The van der Waals surface area contributed by atoms with E-state index in [4.69, 9.17) is 32.8 Å². The summed E-state index contributed by atoms with van der Waals surface area (Å²) in [5.41, 5.74) is 1.45. The van der Waals surface area contributed by atoms with Gasteiger partial charge in [-0.05, 0) is 44.1 Å². The predicted molar refractivity (Wildman–Crippen MR) is 100 cm³/mol. The summed E-state index contributed by atoms with van der Waals surface area (Å²) in [7, 11) is 0. The molecular formula is C18H22Cl2N2O3. The molecule has 0 aromatic heterocycles. The van der Waals surface area contributed by atoms with Crippen LogP contribution in [-0.2, 0) is 4.84 Å². The number of rotatable bonds is 6. The number of aliphatic hydroxyl groups is 1. The minimum absolute atomic E-state index is 0.154. The second-order valence-corrected chi connectivity index (χ2v) is 7.13. The lowest BCUT2D eigenvalue weighted by molar-refractivity contribution is 0.0163. The number of piperidine rings is 1. The third-order valence-corrected chi connectivity index (χ3v) is 4.99. The number of halogens is 2. The van der Waals surface area contributed by atoms with Crippen LogP contribution < -0.4 is 4.74 Å². The van der Waals surface area contributed by atoms with Crippen LogP contribution >= 0.6 is 23.2 Å². The zero-order valence-corrected chi connectivity index (χ0v) is 15.5. The lowest BCUT2D eigenvalue weighted by atomic mass is 10.1. The number of β-amino-alcohol motifs (C(OH)–C–C–N with tert-alkyl or cyclic N) is 1. The van der Waals surface area contributed by atoms with Crippen LogP contribution in [0.1, 0.15) is 24.8 Å². The van der Waals surface area contributed by atoms with Crippen molar-refractivity contribution in [2.24, 2.45) is 5.16 Å². The largest absolute Gasteiger partial charge is 0.488 e. The van der Waals surface area contributed by atoms with Crippen LogP contribution in [0.3, 0.4) is 0 Å². The Morgan fingerprint density at radius 1 is 1.28 bits per heavy atom. The molecule has 136 valence electrons. The normalized spacial score (nSPS) is 19.6. The van der Waals surface area contributed by atoms with Gasteiger partial charge in [-0.3, -0.25) is 0 Å². The van der Waals surface area contributed by atoms with E-state index in [2.05, 4.69) is 10.1 Å². The van der Waals surface area contributed by atoms with Crippen LogP contribution in [0.2, 0.25) is 5.02 Å². The smallest absolute Gasteiger partial charge is 0.144 e. The topological polar surface area (TPSA) is 54.3 Å². The first-order chi connectivity index (χ1) is 12.1. The van der Waals surface area contributed by atoms with Gasteiger partial charge in [0.2, 0.25) is 0 Å². The Hall–Kier alpha value is -1.27. The SMILES string of the molecule is OC(CO/N=C/C1=C(Cl)c2cc(Cl)ccc2OC1)CN1CCCCC1. The molecule has 0 radical (unpaired) electrons. The molecule has 1 unspecified atom stereocenters. The zero-order valence-electron chi connectivity index (χ0n) is 14.0. The van der Waals surface area contributed by atoms with E-state index in [1.54, 1.807) is 18.2 Å². The first-order valence-corrected chi connectivity index (χ1v) is 9.26. The number of benzene rings is 1. The van der Waals surface area contributed by atoms with E-state index in [9.17, 15) is 5.11 Å². The molecular weight excluding hydrogens is 363 g/mol. The Morgan fingerprint density at radius 2 is 2.08 bits per heavy atom. The maximum atomic E-state index is 10.0. The second kappa shape index (κ2) is 8.90. The maximum absolute atomic E-state index is 10.0. The Bertz CT molecular complexity index is 658. The number of nitrogens with zero attached hydrogens (tertiary/aromatic N) is 2. The van der Waals surface area contributed by atoms with E-state index in [0.717, 1.165) is 18.7 Å². The molecule has 1 atom stereocenters. The Kier molecular flexibility index (Phi) is 6.59. The van der Waals surface area contributed by atoms with Crippen molar-refractivity contribution in [3.63, 3.8) is 0 Å². The Balaban J connectivity index is 1.51. The van der Waals surface area contributed by atoms with Crippen LogP contribution in [0, 0.1) is 0 Å². The van der Waals surface area contributed by atoms with Gasteiger partial charge in [0.25, 0.3) is 0 Å². The van der Waals surface area contributed by atoms with E-state index < -0.39 is 6.10 Å². The molecule has 0 amide bonds. The van der Waals surface area contributed by atoms with Crippen molar-refractivity contribution in [1.82, 2.24) is 4.90 Å². The quantitative estimate of drug-likeness (QED) is 0.601. The van der Waals surface area contributed by atoms with Gasteiger partial charge in [-0.25, -0.2) is 0 Å². The van der Waals surface area contributed by atoms with Crippen molar-refractivity contribution in [2.45, 2.75) is 25.4 Å². The lowest BCUT2D eigenvalue weighted by Crippen LogP contribution is -2.37. The average molecular weight is 385 g/mol. The fraction of sp³-hybridized carbons (Fsp3) is 0.500. The van der Waals surface area contributed by atoms with Gasteiger partial charge in [0.05, 0.1) is 11.2 Å². The van der Waals surface area contributed by atoms with E-state index in [1.165, 1.54) is 25.5 Å². The number of oxime groups is 1. The standard InChI is InChI=1S/C18H22Cl2N2O3/c19-14-4-5-17-16(8-14)18(20)13(11-24-17)9-21-25-12-15(23)10-22-6-2-1-3-7-22/h4-5,8-9,15,23H,1-3,6-7,10-12H2/b21-9+. The van der Waals surface area contributed by atoms with Gasteiger partial charge in [0.15, 0.2) is 0 Å². The monoisotopic (exact) mass is 384 g/mol. The predicted octanol–water partition coefficient (Wildman–Crippen LogP) is 3.53. The van der Waals surface area contributed by atoms with Crippen LogP contribution in [0.5, 0.6) is 5.75 Å². The number of hydrogen-bond donors (Lipinski definition) is 1. The number of likely N-dealkylation sites (tertiary alicyclic amines) is 1. The minimum atomic E-state index is -0.554. The van der Waals surface area contributed by atoms with E-state index >= 15 is 0 Å². The number of hydrogen-bond acceptors (Lipinski definition) is 5. The van der Waals surface area contributed by atoms with E-state index in [0.29, 0.717) is 34.5 Å². The van der Waals surface area contributed by atoms with Crippen molar-refractivity contribution in [3.05, 3.63) is 34.4 Å². The molecule has 0 aliphatic carbocycles. The minimum Gasteiger partial charge on any atom is -0.488 e. The highest BCUT2D eigenvalue weighted by atomic mass is 35.5. The van der Waals surface area contributed by atoms with Gasteiger partial charge in [-0.2, -0.15) is 0 Å². The Labute approximate surface area is 157 Å². The van der Waals surface area contributed by atoms with Crippen molar-refractivity contribution in [3.8, 4) is 5.75 Å². The van der Waals surface area contributed by atoms with Crippen LogP contribution in [-0.4, -0.2) is 55.2 Å². The molecule has 7 heteroatoms. The van der Waals surface area contributed by atoms with Gasteiger partial charge < -0.3 is 19.6 Å². The molecule has 0 saturated carbocycles. The van der Waals surface area contributed by atoms with Gasteiger partial charge in [0, 0.05) is 22.7 Å². The fourth-order valence-electron chi connectivity index (χ4n) is 3.01. The molecule has 1 aromatic rings. The first kappa shape index (κ1) is 18.5. The molecule has 2 aliphatic rings. The maximum Gasteiger partial charge on any atom is 0.144 e. The molecule has 5 nitrogen and oxygen atoms in total. The molecule has 1 fully saturated rings. The van der Waals surface area contributed by atoms with Gasteiger partial charge in [0.1, 0.15) is 25.1 Å². The van der Waals surface area contributed by atoms with Crippen molar-refractivity contribution in [1.29, 1.82) is 0 Å². The summed E-state index contributed by atoms with van der Waals surface area (Å²) in [6.07, 6.45) is 4.65. The molecule has 25 heavy (non-hydrogen) atoms. The van der Waals surface area contributed by atoms with E-state index in [1.807, 2.05) is 0 Å². The van der Waals surface area contributed by atoms with Gasteiger partial charge in [-0.15, -0.1) is 0 Å². The summed E-state index contributed by atoms with van der Waals surface area (Å²) in [6.45, 7) is 3.18. The highest BCUT2D eigenvalue weighted by Crippen LogP contribution is 2.36. The fourth-order valence-corrected chi connectivity index (χ4v) is 3.43. The van der Waals surface area contributed by atoms with Crippen molar-refractivity contribution < 1.29 is 14.7 Å². The summed E-state index contributed by atoms with van der Waals surface area (Å²) in [5.74, 6) is 0.699. The summed E-state index contributed by atoms with van der Waals surface area (Å²) in [5, 5.41) is 15.1. The summed E-state index contributed by atoms with van der Waals surface area (Å²) >= 11 is 12.4. The van der Waals surface area contributed by atoms with Gasteiger partial charge >= 0.3 is 0 Å². The number of ether oxygens (including phenoxy) is 1. The van der Waals surface area contributed by atoms with Crippen LogP contribution in [0.25, 0.3) is 5.03 Å². The molecule has 3 rings (SSSR count). The summed E-state index contributed by atoms with van der Waals surface area (Å²) in [4.78, 5) is 7.48. The second-order valence-electron chi connectivity index (χ2n) is 6.31. The van der Waals surface area contributed by atoms with E-state index in [-0.39, 0.29) is 6.61 Å². The molecule has 1 saturated heterocycles. The number of aliphatic hydroxyl groups excluding tert-OH is 1. The summed E-state index contributed by atoms with van der Waals surface area (Å²) < 4.78 is 5.64. The third-order valence-electron chi connectivity index (χ3n) is 4.31. The third kappa shape index (κ3) is 5.11.